The van der Waals surface area contributed by atoms with Crippen LogP contribution in [-0.2, 0) is 34.0 Å². The van der Waals surface area contributed by atoms with E-state index in [4.69, 9.17) is 18.9 Å². The third-order valence-corrected chi connectivity index (χ3v) is 5.73. The Morgan fingerprint density at radius 3 is 1.97 bits per heavy atom. The highest BCUT2D eigenvalue weighted by atomic mass is 16.5. The topological polar surface area (TPSA) is 36.9 Å². The van der Waals surface area contributed by atoms with E-state index in [1.54, 1.807) is 7.11 Å². The van der Waals surface area contributed by atoms with Crippen LogP contribution in [-0.4, -0.2) is 26.4 Å². The molecule has 4 heteroatoms. The Labute approximate surface area is 204 Å². The largest absolute Gasteiger partial charge is 0.497 e. The van der Waals surface area contributed by atoms with E-state index >= 15 is 0 Å². The zero-order chi connectivity index (χ0) is 24.0. The molecule has 0 bridgehead atoms. The van der Waals surface area contributed by atoms with Crippen LogP contribution in [0.1, 0.15) is 28.7 Å². The molecule has 0 heterocycles. The molecule has 0 fully saturated rings. The lowest BCUT2D eigenvalue weighted by molar-refractivity contribution is -0.0773. The van der Waals surface area contributed by atoms with Gasteiger partial charge in [-0.1, -0.05) is 78.4 Å². The lowest BCUT2D eigenvalue weighted by Crippen LogP contribution is -2.32. The van der Waals surface area contributed by atoms with Gasteiger partial charge in [0.15, 0.2) is 0 Å². The Balaban J connectivity index is 1.61. The summed E-state index contributed by atoms with van der Waals surface area (Å²) in [5.74, 6) is 0.970. The number of ether oxygens (including phenoxy) is 4. The van der Waals surface area contributed by atoms with E-state index in [2.05, 4.69) is 49.9 Å². The zero-order valence-electron chi connectivity index (χ0n) is 20.3. The number of methoxy groups -OCH3 is 1. The molecule has 0 unspecified atom stereocenters. The molecule has 0 spiro atoms. The van der Waals surface area contributed by atoms with Gasteiger partial charge in [-0.25, -0.2) is 0 Å². The minimum atomic E-state index is -0.123. The Bertz CT molecular complexity index is 951. The first kappa shape index (κ1) is 25.7. The van der Waals surface area contributed by atoms with Crippen LogP contribution < -0.4 is 4.74 Å². The summed E-state index contributed by atoms with van der Waals surface area (Å²) in [6.07, 6.45) is 2.60. The van der Waals surface area contributed by atoms with E-state index in [9.17, 15) is 0 Å². The van der Waals surface area contributed by atoms with Crippen LogP contribution in [0, 0.1) is 12.8 Å². The molecule has 3 rings (SSSR count). The third kappa shape index (κ3) is 8.79. The van der Waals surface area contributed by atoms with Crippen LogP contribution in [0.15, 0.2) is 91.5 Å². The fourth-order valence-corrected chi connectivity index (χ4v) is 3.67. The Kier molecular flexibility index (Phi) is 10.9. The molecule has 3 aromatic carbocycles. The van der Waals surface area contributed by atoms with Gasteiger partial charge in [-0.3, -0.25) is 0 Å². The molecule has 0 N–H and O–H groups in total. The van der Waals surface area contributed by atoms with Crippen LogP contribution in [0.25, 0.3) is 0 Å². The fraction of sp³-hybridized carbons (Fsp3) is 0.333. The summed E-state index contributed by atoms with van der Waals surface area (Å²) in [5, 5.41) is 0. The van der Waals surface area contributed by atoms with Gasteiger partial charge in [0.05, 0.1) is 46.2 Å². The van der Waals surface area contributed by atoms with Crippen molar-refractivity contribution in [2.24, 2.45) is 5.92 Å². The number of benzene rings is 3. The molecule has 2 atom stereocenters. The first-order chi connectivity index (χ1) is 16.7. The number of aryl methyl sites for hydroxylation is 1. The Morgan fingerprint density at radius 2 is 1.32 bits per heavy atom. The summed E-state index contributed by atoms with van der Waals surface area (Å²) >= 11 is 0. The number of hydrogen-bond donors (Lipinski definition) is 0. The summed E-state index contributed by atoms with van der Waals surface area (Å²) in [6, 6.07) is 26.6. The van der Waals surface area contributed by atoms with Crippen LogP contribution in [0.2, 0.25) is 0 Å². The van der Waals surface area contributed by atoms with Gasteiger partial charge in [0.25, 0.3) is 0 Å². The van der Waals surface area contributed by atoms with E-state index in [0.717, 1.165) is 23.3 Å². The van der Waals surface area contributed by atoms with E-state index < -0.39 is 0 Å². The molecular formula is C30H36O4. The monoisotopic (exact) mass is 460 g/mol. The second-order valence-electron chi connectivity index (χ2n) is 8.48. The van der Waals surface area contributed by atoms with Gasteiger partial charge in [0, 0.05) is 5.92 Å². The van der Waals surface area contributed by atoms with Crippen molar-refractivity contribution >= 4 is 0 Å². The van der Waals surface area contributed by atoms with E-state index in [0.29, 0.717) is 33.0 Å². The van der Waals surface area contributed by atoms with Crippen LogP contribution in [0.3, 0.4) is 0 Å². The molecule has 0 saturated carbocycles. The van der Waals surface area contributed by atoms with Crippen molar-refractivity contribution in [1.82, 2.24) is 0 Å². The highest BCUT2D eigenvalue weighted by molar-refractivity contribution is 5.26. The number of allylic oxidation sites excluding steroid dienone is 1. The van der Waals surface area contributed by atoms with Crippen LogP contribution in [0.5, 0.6) is 5.75 Å². The van der Waals surface area contributed by atoms with Crippen LogP contribution in [0.4, 0.5) is 0 Å². The minimum Gasteiger partial charge on any atom is -0.497 e. The van der Waals surface area contributed by atoms with Gasteiger partial charge in [0.2, 0.25) is 0 Å². The quantitative estimate of drug-likeness (QED) is 0.242. The predicted octanol–water partition coefficient (Wildman–Crippen LogP) is 6.51. The highest BCUT2D eigenvalue weighted by Gasteiger charge is 2.22. The SMILES string of the molecule is C=CC[C@H](COCc1ccc(C)cc1)[C@H](COCc1ccccc1)OCc1ccc(OC)cc1. The summed E-state index contributed by atoms with van der Waals surface area (Å²) in [6.45, 7) is 8.72. The van der Waals surface area contributed by atoms with E-state index in [-0.39, 0.29) is 12.0 Å². The molecule has 4 nitrogen and oxygen atoms in total. The average molecular weight is 461 g/mol. The van der Waals surface area contributed by atoms with E-state index in [1.807, 2.05) is 48.5 Å². The van der Waals surface area contributed by atoms with Crippen molar-refractivity contribution in [3.8, 4) is 5.75 Å². The van der Waals surface area contributed by atoms with E-state index in [1.165, 1.54) is 11.1 Å². The Hall–Kier alpha value is -2.92. The zero-order valence-corrected chi connectivity index (χ0v) is 20.3. The van der Waals surface area contributed by atoms with Gasteiger partial charge in [0.1, 0.15) is 5.75 Å². The molecule has 0 radical (unpaired) electrons. The maximum absolute atomic E-state index is 6.38. The molecule has 0 amide bonds. The van der Waals surface area contributed by atoms with Crippen LogP contribution >= 0.6 is 0 Å². The first-order valence-electron chi connectivity index (χ1n) is 11.8. The third-order valence-electron chi connectivity index (χ3n) is 5.73. The average Bonchev–Trinajstić information content (AvgIpc) is 2.88. The molecule has 34 heavy (non-hydrogen) atoms. The van der Waals surface area contributed by atoms with Crippen molar-refractivity contribution in [2.45, 2.75) is 39.3 Å². The summed E-state index contributed by atoms with van der Waals surface area (Å²) in [5.41, 5.74) is 4.65. The van der Waals surface area contributed by atoms with Crippen molar-refractivity contribution in [2.75, 3.05) is 20.3 Å². The summed E-state index contributed by atoms with van der Waals surface area (Å²) in [7, 11) is 1.67. The predicted molar refractivity (Wildman–Crippen MR) is 137 cm³/mol. The maximum atomic E-state index is 6.38. The van der Waals surface area contributed by atoms with Gasteiger partial charge in [-0.15, -0.1) is 6.58 Å². The molecule has 0 aliphatic heterocycles. The van der Waals surface area contributed by atoms with Gasteiger partial charge < -0.3 is 18.9 Å². The molecular weight excluding hydrogens is 424 g/mol. The molecule has 0 aliphatic rings. The van der Waals surface area contributed by atoms with Gasteiger partial charge in [-0.05, 0) is 42.2 Å². The van der Waals surface area contributed by atoms with Gasteiger partial charge >= 0.3 is 0 Å². The molecule has 0 aliphatic carbocycles. The summed E-state index contributed by atoms with van der Waals surface area (Å²) in [4.78, 5) is 0. The number of hydrogen-bond acceptors (Lipinski definition) is 4. The van der Waals surface area contributed by atoms with Crippen molar-refractivity contribution < 1.29 is 18.9 Å². The van der Waals surface area contributed by atoms with Crippen molar-refractivity contribution in [1.29, 1.82) is 0 Å². The fourth-order valence-electron chi connectivity index (χ4n) is 3.67. The van der Waals surface area contributed by atoms with Gasteiger partial charge in [-0.2, -0.15) is 0 Å². The normalized spacial score (nSPS) is 12.8. The second kappa shape index (κ2) is 14.4. The van der Waals surface area contributed by atoms with Crippen molar-refractivity contribution in [3.63, 3.8) is 0 Å². The lowest BCUT2D eigenvalue weighted by Gasteiger charge is -2.27. The molecule has 180 valence electrons. The highest BCUT2D eigenvalue weighted by Crippen LogP contribution is 2.20. The summed E-state index contributed by atoms with van der Waals surface area (Å²) < 4.78 is 23.8. The molecule has 3 aromatic rings. The maximum Gasteiger partial charge on any atom is 0.118 e. The first-order valence-corrected chi connectivity index (χ1v) is 11.8. The standard InChI is InChI=1S/C30H36O4/c1-4-8-28(22-32-20-26-13-11-24(2)12-14-26)30(23-33-19-25-9-6-5-7-10-25)34-21-27-15-17-29(31-3)18-16-27/h4-7,9-18,28,30H,1,8,19-23H2,2-3H3/t28-,30+/m1/s1. The number of rotatable bonds is 15. The lowest BCUT2D eigenvalue weighted by atomic mass is 9.99. The Morgan fingerprint density at radius 1 is 0.735 bits per heavy atom. The van der Waals surface area contributed by atoms with Crippen molar-refractivity contribution in [3.05, 3.63) is 114 Å². The second-order valence-corrected chi connectivity index (χ2v) is 8.48. The molecule has 0 saturated heterocycles. The smallest absolute Gasteiger partial charge is 0.118 e. The molecule has 0 aromatic heterocycles. The minimum absolute atomic E-state index is 0.123.